The Morgan fingerprint density at radius 2 is 1.86 bits per heavy atom. The molecule has 0 radical (unpaired) electrons. The van der Waals surface area contributed by atoms with Gasteiger partial charge in [0.2, 0.25) is 17.7 Å². The predicted octanol–water partition coefficient (Wildman–Crippen LogP) is 2.94. The Morgan fingerprint density at radius 1 is 1.04 bits per heavy atom. The number of fused-ring (bicyclic) bond motifs is 2. The van der Waals surface area contributed by atoms with Crippen LogP contribution >= 0.6 is 0 Å². The molecular formula is C21H18N4O3. The third-order valence-corrected chi connectivity index (χ3v) is 4.54. The van der Waals surface area contributed by atoms with Gasteiger partial charge >= 0.3 is 0 Å². The third-order valence-electron chi connectivity index (χ3n) is 4.54. The number of benzene rings is 2. The van der Waals surface area contributed by atoms with E-state index in [2.05, 4.69) is 15.6 Å². The highest BCUT2D eigenvalue weighted by atomic mass is 16.2. The molecule has 7 nitrogen and oxygen atoms in total. The fraction of sp³-hybridized carbons (Fsp3) is 0.143. The fourth-order valence-electron chi connectivity index (χ4n) is 3.23. The van der Waals surface area contributed by atoms with Gasteiger partial charge in [-0.1, -0.05) is 30.3 Å². The Morgan fingerprint density at radius 3 is 2.75 bits per heavy atom. The Hall–Kier alpha value is -3.74. The summed E-state index contributed by atoms with van der Waals surface area (Å²) in [5, 5.41) is 6.48. The minimum absolute atomic E-state index is 0.00560. The van der Waals surface area contributed by atoms with Crippen molar-refractivity contribution in [2.75, 3.05) is 22.1 Å². The van der Waals surface area contributed by atoms with Gasteiger partial charge in [0.25, 0.3) is 0 Å². The van der Waals surface area contributed by atoms with Crippen molar-refractivity contribution < 1.29 is 14.4 Å². The molecule has 0 fully saturated rings. The minimum atomic E-state index is -0.277. The summed E-state index contributed by atoms with van der Waals surface area (Å²) in [6.07, 6.45) is 1.69. The van der Waals surface area contributed by atoms with Gasteiger partial charge in [-0.3, -0.25) is 19.4 Å². The topological polar surface area (TPSA) is 91.4 Å². The molecule has 1 aromatic heterocycles. The highest BCUT2D eigenvalue weighted by molar-refractivity contribution is 6.10. The number of hydrogen-bond donors (Lipinski definition) is 2. The van der Waals surface area contributed by atoms with Gasteiger partial charge in [-0.15, -0.1) is 0 Å². The number of aromatic nitrogens is 1. The van der Waals surface area contributed by atoms with Crippen LogP contribution in [0.5, 0.6) is 0 Å². The number of nitrogens with zero attached hydrogens (tertiary/aromatic N) is 2. The minimum Gasteiger partial charge on any atom is -0.324 e. The molecule has 2 heterocycles. The molecule has 3 aromatic rings. The molecule has 4 rings (SSSR count). The number of carbonyl (C=O) groups is 3. The average molecular weight is 374 g/mol. The van der Waals surface area contributed by atoms with Crippen LogP contribution < -0.4 is 15.5 Å². The summed E-state index contributed by atoms with van der Waals surface area (Å²) in [6.45, 7) is -0.0509. The lowest BCUT2D eigenvalue weighted by atomic mass is 10.1. The van der Waals surface area contributed by atoms with Gasteiger partial charge in [-0.2, -0.15) is 0 Å². The van der Waals surface area contributed by atoms with Gasteiger partial charge in [0.15, 0.2) is 0 Å². The summed E-state index contributed by atoms with van der Waals surface area (Å²) in [5.41, 5.74) is 2.55. The van der Waals surface area contributed by atoms with Crippen molar-refractivity contribution >= 4 is 45.7 Å². The molecule has 3 amide bonds. The molecule has 0 bridgehead atoms. The number of para-hydroxylation sites is 3. The normalized spacial score (nSPS) is 13.0. The Bertz CT molecular complexity index is 1070. The van der Waals surface area contributed by atoms with Crippen LogP contribution in [0.2, 0.25) is 0 Å². The van der Waals surface area contributed by atoms with E-state index in [1.165, 1.54) is 4.90 Å². The quantitative estimate of drug-likeness (QED) is 0.734. The van der Waals surface area contributed by atoms with Gasteiger partial charge < -0.3 is 15.5 Å². The highest BCUT2D eigenvalue weighted by Crippen LogP contribution is 2.29. The second-order valence-electron chi connectivity index (χ2n) is 6.47. The van der Waals surface area contributed by atoms with Crippen LogP contribution in [0.3, 0.4) is 0 Å². The summed E-state index contributed by atoms with van der Waals surface area (Å²) in [7, 11) is 0. The first kappa shape index (κ1) is 17.7. The van der Waals surface area contributed by atoms with Gasteiger partial charge in [0.1, 0.15) is 6.54 Å². The summed E-state index contributed by atoms with van der Waals surface area (Å²) < 4.78 is 0. The van der Waals surface area contributed by atoms with Crippen molar-refractivity contribution in [3.63, 3.8) is 0 Å². The summed E-state index contributed by atoms with van der Waals surface area (Å²) in [5.74, 6) is -0.798. The molecule has 0 saturated heterocycles. The van der Waals surface area contributed by atoms with Crippen LogP contribution in [0.4, 0.5) is 17.1 Å². The molecular weight excluding hydrogens is 356 g/mol. The fourth-order valence-corrected chi connectivity index (χ4v) is 3.23. The first-order chi connectivity index (χ1) is 13.6. The lowest BCUT2D eigenvalue weighted by Gasteiger charge is -2.29. The SMILES string of the molecule is O=C1CN(C(=O)CCC(=O)Nc2cccc3cccnc23)c2ccccc2N1. The molecule has 140 valence electrons. The van der Waals surface area contributed by atoms with Gasteiger partial charge in [0, 0.05) is 24.4 Å². The third kappa shape index (κ3) is 3.55. The van der Waals surface area contributed by atoms with Crippen LogP contribution in [0.15, 0.2) is 60.8 Å². The number of carbonyl (C=O) groups excluding carboxylic acids is 3. The zero-order valence-corrected chi connectivity index (χ0v) is 15.0. The number of rotatable bonds is 4. The van der Waals surface area contributed by atoms with E-state index in [0.29, 0.717) is 22.6 Å². The van der Waals surface area contributed by atoms with Crippen LogP contribution in [-0.4, -0.2) is 29.3 Å². The maximum atomic E-state index is 12.6. The molecule has 2 N–H and O–H groups in total. The van der Waals surface area contributed by atoms with Gasteiger partial charge in [-0.25, -0.2) is 0 Å². The number of anilines is 3. The standard InChI is InChI=1S/C21H18N4O3/c26-18(24-16-8-3-5-14-6-4-12-22-21(14)16)10-11-20(28)25-13-19(27)23-15-7-1-2-9-17(15)25/h1-9,12H,10-11,13H2,(H,23,27)(H,24,26). The van der Waals surface area contributed by atoms with Crippen molar-refractivity contribution in [2.45, 2.75) is 12.8 Å². The van der Waals surface area contributed by atoms with E-state index >= 15 is 0 Å². The van der Waals surface area contributed by atoms with Crippen molar-refractivity contribution in [2.24, 2.45) is 0 Å². The van der Waals surface area contributed by atoms with Crippen molar-refractivity contribution in [1.82, 2.24) is 4.98 Å². The molecule has 1 aliphatic heterocycles. The lowest BCUT2D eigenvalue weighted by molar-refractivity contribution is -0.124. The molecule has 1 aliphatic rings. The monoisotopic (exact) mass is 374 g/mol. The number of pyridine rings is 1. The van der Waals surface area contributed by atoms with Crippen LogP contribution in [-0.2, 0) is 14.4 Å². The maximum Gasteiger partial charge on any atom is 0.244 e. The van der Waals surface area contributed by atoms with Crippen molar-refractivity contribution in [3.8, 4) is 0 Å². The van der Waals surface area contributed by atoms with Gasteiger partial charge in [0.05, 0.1) is 22.6 Å². The van der Waals surface area contributed by atoms with Crippen molar-refractivity contribution in [3.05, 3.63) is 60.8 Å². The van der Waals surface area contributed by atoms with E-state index in [4.69, 9.17) is 0 Å². The molecule has 0 spiro atoms. The van der Waals surface area contributed by atoms with E-state index in [9.17, 15) is 14.4 Å². The average Bonchev–Trinajstić information content (AvgIpc) is 2.71. The largest absolute Gasteiger partial charge is 0.324 e. The summed E-state index contributed by atoms with van der Waals surface area (Å²) in [4.78, 5) is 42.6. The van der Waals surface area contributed by atoms with E-state index in [-0.39, 0.29) is 37.1 Å². The Balaban J connectivity index is 1.42. The first-order valence-electron chi connectivity index (χ1n) is 8.94. The smallest absolute Gasteiger partial charge is 0.244 e. The second kappa shape index (κ2) is 7.48. The predicted molar refractivity (Wildman–Crippen MR) is 107 cm³/mol. The van der Waals surface area contributed by atoms with Crippen LogP contribution in [0.1, 0.15) is 12.8 Å². The highest BCUT2D eigenvalue weighted by Gasteiger charge is 2.26. The van der Waals surface area contributed by atoms with E-state index < -0.39 is 0 Å². The van der Waals surface area contributed by atoms with Crippen molar-refractivity contribution in [1.29, 1.82) is 0 Å². The number of nitrogens with one attached hydrogen (secondary N) is 2. The molecule has 0 atom stereocenters. The molecule has 0 unspecified atom stereocenters. The second-order valence-corrected chi connectivity index (χ2v) is 6.47. The maximum absolute atomic E-state index is 12.6. The molecule has 0 saturated carbocycles. The molecule has 28 heavy (non-hydrogen) atoms. The first-order valence-corrected chi connectivity index (χ1v) is 8.94. The van der Waals surface area contributed by atoms with E-state index in [0.717, 1.165) is 5.39 Å². The van der Waals surface area contributed by atoms with E-state index in [1.807, 2.05) is 24.3 Å². The lowest BCUT2D eigenvalue weighted by Crippen LogP contribution is -2.42. The van der Waals surface area contributed by atoms with Gasteiger partial charge in [-0.05, 0) is 24.3 Å². The zero-order chi connectivity index (χ0) is 19.5. The summed E-state index contributed by atoms with van der Waals surface area (Å²) >= 11 is 0. The van der Waals surface area contributed by atoms with Crippen LogP contribution in [0, 0.1) is 0 Å². The van der Waals surface area contributed by atoms with Crippen LogP contribution in [0.25, 0.3) is 10.9 Å². The summed E-state index contributed by atoms with van der Waals surface area (Å²) in [6, 6.07) is 16.4. The molecule has 0 aliphatic carbocycles. The Labute approximate surface area is 161 Å². The molecule has 7 heteroatoms. The number of amides is 3. The Kier molecular flexibility index (Phi) is 4.72. The zero-order valence-electron chi connectivity index (χ0n) is 15.0. The van der Waals surface area contributed by atoms with E-state index in [1.54, 1.807) is 36.5 Å². The molecule has 2 aromatic carbocycles. The number of hydrogen-bond acceptors (Lipinski definition) is 4.